The van der Waals surface area contributed by atoms with E-state index in [-0.39, 0.29) is 51.4 Å². The number of hydrogen-bond acceptors (Lipinski definition) is 0. The Morgan fingerprint density at radius 1 is 0.316 bits per heavy atom. The summed E-state index contributed by atoms with van der Waals surface area (Å²) < 4.78 is 9.89. The van der Waals surface area contributed by atoms with Gasteiger partial charge in [0.1, 0.15) is 0 Å². The van der Waals surface area contributed by atoms with Crippen LogP contribution in [0.2, 0.25) is 0 Å². The van der Waals surface area contributed by atoms with E-state index < -0.39 is 6.69 Å². The van der Waals surface area contributed by atoms with Crippen LogP contribution in [-0.4, -0.2) is 24.6 Å². The van der Waals surface area contributed by atoms with Crippen molar-refractivity contribution in [3.63, 3.8) is 0 Å². The number of rotatable bonds is 4. The summed E-state index contributed by atoms with van der Waals surface area (Å²) in [6.45, 7) is -1.84. The number of aromatic nitrogens is 4. The van der Waals surface area contributed by atoms with E-state index in [2.05, 4.69) is 164 Å². The zero-order valence-electron chi connectivity index (χ0n) is 21.2. The molecular weight excluding hydrogens is 490 g/mol. The van der Waals surface area contributed by atoms with Gasteiger partial charge in [-0.05, 0) is 94.9 Å². The van der Waals surface area contributed by atoms with Crippen molar-refractivity contribution >= 4 is 50.3 Å². The Balaban J connectivity index is 0.00000242. The molecule has 0 atom stereocenters. The van der Waals surface area contributed by atoms with Crippen LogP contribution in [0.1, 0.15) is 0 Å². The summed E-state index contributed by atoms with van der Waals surface area (Å²) in [5, 5.41) is 4.88. The maximum absolute atomic E-state index is 2.47. The van der Waals surface area contributed by atoms with Gasteiger partial charge in [-0.2, -0.15) is 0 Å². The normalized spacial score (nSPS) is 12.0. The van der Waals surface area contributed by atoms with Crippen LogP contribution in [0.25, 0.3) is 43.6 Å². The number of benzene rings is 4. The van der Waals surface area contributed by atoms with Crippen LogP contribution in [0.5, 0.6) is 0 Å². The Kier molecular flexibility index (Phi) is 5.76. The molecule has 0 fully saturated rings. The van der Waals surface area contributed by atoms with E-state index in [0.717, 1.165) is 0 Å². The Hall–Kier alpha value is -3.26. The van der Waals surface area contributed by atoms with Gasteiger partial charge in [0.25, 0.3) is 0 Å². The maximum atomic E-state index is 2.47. The molecule has 4 aromatic carbocycles. The fourth-order valence-electron chi connectivity index (χ4n) is 6.43. The zero-order valence-corrected chi connectivity index (χ0v) is 24.3. The first-order valence-corrected chi connectivity index (χ1v) is 12.8. The van der Waals surface area contributed by atoms with Crippen molar-refractivity contribution in [2.75, 3.05) is 0 Å². The summed E-state index contributed by atoms with van der Waals surface area (Å²) in [5.74, 6) is 0. The molecule has 4 heterocycles. The second-order valence-corrected chi connectivity index (χ2v) is 9.82. The van der Waals surface area contributed by atoms with Gasteiger partial charge in [-0.1, -0.05) is 72.8 Å². The Labute approximate surface area is 263 Å². The van der Waals surface area contributed by atoms with E-state index in [4.69, 9.17) is 0 Å². The number of nitrogens with zero attached hydrogens (tertiary/aromatic N) is 4. The van der Waals surface area contributed by atoms with Crippen LogP contribution in [0.4, 0.5) is 0 Å². The molecule has 0 amide bonds. The zero-order chi connectivity index (χ0) is 24.4. The molecule has 8 aromatic rings. The van der Waals surface area contributed by atoms with Gasteiger partial charge in [-0.15, -0.1) is 0 Å². The van der Waals surface area contributed by atoms with E-state index in [1.54, 1.807) is 0 Å². The van der Waals surface area contributed by atoms with E-state index in [1.165, 1.54) is 43.6 Å². The third-order valence-electron chi connectivity index (χ3n) is 8.01. The fraction of sp³-hybridized carbons (Fsp3) is 0. The average molecular weight is 514 g/mol. The number of para-hydroxylation sites is 4. The molecule has 0 radical (unpaired) electrons. The summed E-state index contributed by atoms with van der Waals surface area (Å²) in [4.78, 5) is 0. The molecule has 0 aliphatic carbocycles. The molecule has 0 aliphatic rings. The molecule has 176 valence electrons. The summed E-state index contributed by atoms with van der Waals surface area (Å²) in [5.41, 5.74) is 4.76. The minimum atomic E-state index is -1.84. The molecule has 8 rings (SSSR count). The smallest absolute Gasteiger partial charge is 0.465 e. The topological polar surface area (TPSA) is 19.7 Å². The first-order chi connectivity index (χ1) is 18.4. The van der Waals surface area contributed by atoms with E-state index in [9.17, 15) is 0 Å². The van der Waals surface area contributed by atoms with Crippen molar-refractivity contribution in [2.45, 2.75) is 0 Å². The quantitative estimate of drug-likeness (QED) is 0.310. The third-order valence-corrected chi connectivity index (χ3v) is 8.01. The SMILES string of the molecule is [K+].c1ccc2c(c1)ccn2[B-](n1ccc2ccccc21)(n1ccc2ccccc21)n1ccc2ccccc21. The van der Waals surface area contributed by atoms with Gasteiger partial charge < -0.3 is 17.9 Å². The van der Waals surface area contributed by atoms with Gasteiger partial charge in [0.2, 0.25) is 0 Å². The van der Waals surface area contributed by atoms with Crippen LogP contribution in [0, 0.1) is 0 Å². The molecule has 0 saturated carbocycles. The van der Waals surface area contributed by atoms with Crippen LogP contribution < -0.4 is 51.4 Å². The van der Waals surface area contributed by atoms with Crippen LogP contribution in [0.15, 0.2) is 146 Å². The second-order valence-electron chi connectivity index (χ2n) is 9.82. The minimum Gasteiger partial charge on any atom is -0.465 e. The maximum Gasteiger partial charge on any atom is 1.00 e. The molecule has 38 heavy (non-hydrogen) atoms. The molecule has 0 N–H and O–H groups in total. The first-order valence-electron chi connectivity index (χ1n) is 12.8. The predicted molar refractivity (Wildman–Crippen MR) is 155 cm³/mol. The van der Waals surface area contributed by atoms with E-state index >= 15 is 0 Å². The molecule has 4 aromatic heterocycles. The van der Waals surface area contributed by atoms with E-state index in [0.29, 0.717) is 0 Å². The molecule has 6 heteroatoms. The van der Waals surface area contributed by atoms with Gasteiger partial charge >= 0.3 is 58.1 Å². The van der Waals surface area contributed by atoms with Crippen LogP contribution in [-0.2, 0) is 0 Å². The van der Waals surface area contributed by atoms with Crippen molar-refractivity contribution in [1.29, 1.82) is 0 Å². The van der Waals surface area contributed by atoms with Crippen LogP contribution in [0.3, 0.4) is 0 Å². The Morgan fingerprint density at radius 2 is 0.553 bits per heavy atom. The Bertz CT molecular complexity index is 1770. The molecule has 0 saturated heterocycles. The molecular formula is C32H24BKN4. The van der Waals surface area contributed by atoms with Crippen molar-refractivity contribution in [3.05, 3.63) is 146 Å². The monoisotopic (exact) mass is 514 g/mol. The van der Waals surface area contributed by atoms with Gasteiger partial charge in [0.15, 0.2) is 0 Å². The standard InChI is InChI=1S/C32H24BN4.K/c1-5-13-29-25(9-1)17-21-34(29)33(35-22-18-26-10-2-6-14-30(26)35,36-23-19-27-11-3-7-15-31(27)36)37-24-20-28-12-4-8-16-32(28)37;/h1-24H;/q-1;+1. The van der Waals surface area contributed by atoms with Crippen molar-refractivity contribution < 1.29 is 51.4 Å². The molecule has 0 unspecified atom stereocenters. The summed E-state index contributed by atoms with van der Waals surface area (Å²) in [6.07, 6.45) is 9.01. The van der Waals surface area contributed by atoms with Crippen molar-refractivity contribution in [2.24, 2.45) is 0 Å². The van der Waals surface area contributed by atoms with E-state index in [1.807, 2.05) is 0 Å². The van der Waals surface area contributed by atoms with Crippen LogP contribution >= 0.6 is 0 Å². The molecule has 0 bridgehead atoms. The molecule has 0 aliphatic heterocycles. The molecule has 0 spiro atoms. The average Bonchev–Trinajstić information content (AvgIpc) is 3.75. The third kappa shape index (κ3) is 3.25. The predicted octanol–water partition coefficient (Wildman–Crippen LogP) is 4.44. The van der Waals surface area contributed by atoms with Gasteiger partial charge in [-0.3, -0.25) is 0 Å². The Morgan fingerprint density at radius 3 is 0.816 bits per heavy atom. The van der Waals surface area contributed by atoms with Crippen molar-refractivity contribution in [3.8, 4) is 0 Å². The van der Waals surface area contributed by atoms with Gasteiger partial charge in [-0.25, -0.2) is 0 Å². The number of fused-ring (bicyclic) bond motifs is 4. The van der Waals surface area contributed by atoms with Crippen molar-refractivity contribution in [1.82, 2.24) is 17.9 Å². The summed E-state index contributed by atoms with van der Waals surface area (Å²) in [7, 11) is 0. The van der Waals surface area contributed by atoms with Gasteiger partial charge in [0.05, 0.1) is 0 Å². The van der Waals surface area contributed by atoms with Gasteiger partial charge in [0, 0.05) is 22.1 Å². The fourth-order valence-corrected chi connectivity index (χ4v) is 6.43. The first kappa shape index (κ1) is 23.8. The minimum absolute atomic E-state index is 0. The summed E-state index contributed by atoms with van der Waals surface area (Å²) in [6, 6.07) is 43.6. The molecule has 4 nitrogen and oxygen atoms in total. The second kappa shape index (κ2) is 9.19. The summed E-state index contributed by atoms with van der Waals surface area (Å²) >= 11 is 0. The number of hydrogen-bond donors (Lipinski definition) is 0. The largest absolute Gasteiger partial charge is 1.00 e.